The maximum absolute atomic E-state index is 9.80. The zero-order chi connectivity index (χ0) is 14.4. The van der Waals surface area contributed by atoms with Crippen molar-refractivity contribution < 1.29 is 14.6 Å². The molecule has 2 aromatic rings. The van der Waals surface area contributed by atoms with E-state index in [1.54, 1.807) is 48.5 Å². The van der Waals surface area contributed by atoms with Crippen LogP contribution in [0.1, 0.15) is 0 Å². The molecule has 0 aliphatic carbocycles. The lowest BCUT2D eigenvalue weighted by Crippen LogP contribution is -2.25. The number of nitrogens with two attached hydrogens (primary N) is 2. The summed E-state index contributed by atoms with van der Waals surface area (Å²) in [7, 11) is 0. The van der Waals surface area contributed by atoms with Gasteiger partial charge < -0.3 is 26.0 Å². The van der Waals surface area contributed by atoms with Crippen LogP contribution in [-0.4, -0.2) is 24.4 Å². The van der Waals surface area contributed by atoms with Crippen molar-refractivity contribution in [3.63, 3.8) is 0 Å². The lowest BCUT2D eigenvalue weighted by molar-refractivity contribution is 0.0627. The minimum absolute atomic E-state index is 0.131. The molecule has 0 amide bonds. The van der Waals surface area contributed by atoms with E-state index in [1.807, 2.05) is 0 Å². The van der Waals surface area contributed by atoms with Gasteiger partial charge >= 0.3 is 0 Å². The van der Waals surface area contributed by atoms with Crippen molar-refractivity contribution >= 4 is 11.4 Å². The summed E-state index contributed by atoms with van der Waals surface area (Å²) in [4.78, 5) is 0. The van der Waals surface area contributed by atoms with E-state index in [0.29, 0.717) is 22.9 Å². The van der Waals surface area contributed by atoms with E-state index in [1.165, 1.54) is 0 Å². The number of benzene rings is 2. The Labute approximate surface area is 117 Å². The molecule has 0 aromatic heterocycles. The van der Waals surface area contributed by atoms with E-state index in [4.69, 9.17) is 20.9 Å². The van der Waals surface area contributed by atoms with Crippen molar-refractivity contribution in [1.29, 1.82) is 0 Å². The second kappa shape index (κ2) is 6.68. The van der Waals surface area contributed by atoms with E-state index in [0.717, 1.165) is 0 Å². The summed E-state index contributed by atoms with van der Waals surface area (Å²) in [6.07, 6.45) is -0.738. The Morgan fingerprint density at radius 2 is 1.30 bits per heavy atom. The smallest absolute Gasteiger partial charge is 0.122 e. The quantitative estimate of drug-likeness (QED) is 0.697. The first kappa shape index (κ1) is 14.0. The highest BCUT2D eigenvalue weighted by atomic mass is 16.5. The largest absolute Gasteiger partial charge is 0.491 e. The van der Waals surface area contributed by atoms with E-state index in [-0.39, 0.29) is 13.2 Å². The van der Waals surface area contributed by atoms with Gasteiger partial charge in [0.25, 0.3) is 0 Å². The van der Waals surface area contributed by atoms with Gasteiger partial charge in [-0.05, 0) is 24.3 Å². The fourth-order valence-electron chi connectivity index (χ4n) is 1.64. The first-order chi connectivity index (χ1) is 9.63. The molecule has 0 spiro atoms. The molecule has 5 heteroatoms. The van der Waals surface area contributed by atoms with Gasteiger partial charge in [0, 0.05) is 23.5 Å². The first-order valence-corrected chi connectivity index (χ1v) is 6.28. The minimum Gasteiger partial charge on any atom is -0.491 e. The lowest BCUT2D eigenvalue weighted by Gasteiger charge is -2.14. The van der Waals surface area contributed by atoms with Gasteiger partial charge in [-0.1, -0.05) is 12.1 Å². The summed E-state index contributed by atoms with van der Waals surface area (Å²) in [6.45, 7) is 0.261. The van der Waals surface area contributed by atoms with Gasteiger partial charge in [-0.3, -0.25) is 0 Å². The van der Waals surface area contributed by atoms with Crippen LogP contribution < -0.4 is 20.9 Å². The number of rotatable bonds is 6. The molecule has 0 unspecified atom stereocenters. The number of hydrogen-bond donors (Lipinski definition) is 3. The molecule has 0 radical (unpaired) electrons. The summed E-state index contributed by atoms with van der Waals surface area (Å²) in [5, 5.41) is 9.80. The highest BCUT2D eigenvalue weighted by Crippen LogP contribution is 2.16. The molecule has 0 aliphatic heterocycles. The van der Waals surface area contributed by atoms with E-state index in [2.05, 4.69) is 0 Å². The predicted molar refractivity (Wildman–Crippen MR) is 78.7 cm³/mol. The Kier molecular flexibility index (Phi) is 4.68. The first-order valence-electron chi connectivity index (χ1n) is 6.28. The minimum atomic E-state index is -0.738. The van der Waals surface area contributed by atoms with Crippen LogP contribution in [-0.2, 0) is 0 Å². The number of anilines is 2. The summed E-state index contributed by atoms with van der Waals surface area (Å²) in [5.41, 5.74) is 12.5. The SMILES string of the molecule is Nc1cccc(OCC(O)COc2cccc(N)c2)c1. The molecule has 20 heavy (non-hydrogen) atoms. The second-order valence-corrected chi connectivity index (χ2v) is 4.42. The zero-order valence-corrected chi connectivity index (χ0v) is 11.0. The lowest BCUT2D eigenvalue weighted by atomic mass is 10.3. The average molecular weight is 274 g/mol. The Bertz CT molecular complexity index is 511. The summed E-state index contributed by atoms with van der Waals surface area (Å²) in [6, 6.07) is 14.1. The number of hydrogen-bond acceptors (Lipinski definition) is 5. The van der Waals surface area contributed by atoms with Crippen molar-refractivity contribution in [3.05, 3.63) is 48.5 Å². The van der Waals surface area contributed by atoms with Gasteiger partial charge in [-0.25, -0.2) is 0 Å². The number of ether oxygens (including phenoxy) is 2. The molecule has 0 bridgehead atoms. The summed E-state index contributed by atoms with van der Waals surface area (Å²) >= 11 is 0. The average Bonchev–Trinajstić information content (AvgIpc) is 2.43. The molecule has 5 nitrogen and oxygen atoms in total. The van der Waals surface area contributed by atoms with Crippen LogP contribution >= 0.6 is 0 Å². The van der Waals surface area contributed by atoms with Crippen LogP contribution in [0.5, 0.6) is 11.5 Å². The number of aliphatic hydroxyl groups is 1. The highest BCUT2D eigenvalue weighted by Gasteiger charge is 2.07. The maximum Gasteiger partial charge on any atom is 0.122 e. The van der Waals surface area contributed by atoms with Crippen molar-refractivity contribution in [3.8, 4) is 11.5 Å². The molecule has 0 aliphatic rings. The van der Waals surface area contributed by atoms with E-state index >= 15 is 0 Å². The van der Waals surface area contributed by atoms with Gasteiger partial charge in [0.05, 0.1) is 0 Å². The van der Waals surface area contributed by atoms with Crippen LogP contribution in [0.2, 0.25) is 0 Å². The Morgan fingerprint density at radius 3 is 1.70 bits per heavy atom. The third-order valence-corrected chi connectivity index (χ3v) is 2.60. The second-order valence-electron chi connectivity index (χ2n) is 4.42. The van der Waals surface area contributed by atoms with E-state index < -0.39 is 6.10 Å². The van der Waals surface area contributed by atoms with Crippen molar-refractivity contribution in [2.45, 2.75) is 6.10 Å². The molecule has 5 N–H and O–H groups in total. The molecule has 0 atom stereocenters. The topological polar surface area (TPSA) is 90.7 Å². The molecule has 2 aromatic carbocycles. The standard InChI is InChI=1S/C15H18N2O3/c16-11-3-1-5-14(7-11)19-9-13(18)10-20-15-6-2-4-12(17)8-15/h1-8,13,18H,9-10,16-17H2. The van der Waals surface area contributed by atoms with Crippen molar-refractivity contribution in [2.24, 2.45) is 0 Å². The molecule has 2 rings (SSSR count). The van der Waals surface area contributed by atoms with Crippen molar-refractivity contribution in [1.82, 2.24) is 0 Å². The number of nitrogen functional groups attached to an aromatic ring is 2. The monoisotopic (exact) mass is 274 g/mol. The third kappa shape index (κ3) is 4.37. The normalized spacial score (nSPS) is 10.5. The summed E-state index contributed by atoms with van der Waals surface area (Å²) < 4.78 is 10.9. The van der Waals surface area contributed by atoms with Crippen LogP contribution in [0.3, 0.4) is 0 Å². The van der Waals surface area contributed by atoms with Gasteiger partial charge in [0.1, 0.15) is 30.8 Å². The van der Waals surface area contributed by atoms with E-state index in [9.17, 15) is 5.11 Å². The predicted octanol–water partition coefficient (Wildman–Crippen LogP) is 1.67. The van der Waals surface area contributed by atoms with Crippen LogP contribution in [0, 0.1) is 0 Å². The van der Waals surface area contributed by atoms with Gasteiger partial charge in [0.2, 0.25) is 0 Å². The van der Waals surface area contributed by atoms with Gasteiger partial charge in [-0.2, -0.15) is 0 Å². The summed E-state index contributed by atoms with van der Waals surface area (Å²) in [5.74, 6) is 1.24. The zero-order valence-electron chi connectivity index (χ0n) is 11.0. The molecule has 0 saturated carbocycles. The Hall–Kier alpha value is -2.40. The Morgan fingerprint density at radius 1 is 0.850 bits per heavy atom. The molecule has 0 saturated heterocycles. The fourth-order valence-corrected chi connectivity index (χ4v) is 1.64. The Balaban J connectivity index is 1.77. The fraction of sp³-hybridized carbons (Fsp3) is 0.200. The molecular weight excluding hydrogens is 256 g/mol. The van der Waals surface area contributed by atoms with Crippen LogP contribution in [0.15, 0.2) is 48.5 Å². The number of aliphatic hydroxyl groups excluding tert-OH is 1. The highest BCUT2D eigenvalue weighted by molar-refractivity contribution is 5.44. The van der Waals surface area contributed by atoms with Crippen LogP contribution in [0.4, 0.5) is 11.4 Å². The maximum atomic E-state index is 9.80. The molecular formula is C15H18N2O3. The van der Waals surface area contributed by atoms with Gasteiger partial charge in [-0.15, -0.1) is 0 Å². The molecule has 106 valence electrons. The van der Waals surface area contributed by atoms with Crippen LogP contribution in [0.25, 0.3) is 0 Å². The third-order valence-electron chi connectivity index (χ3n) is 2.60. The molecule has 0 fully saturated rings. The van der Waals surface area contributed by atoms with Crippen molar-refractivity contribution in [2.75, 3.05) is 24.7 Å². The molecule has 0 heterocycles. The van der Waals surface area contributed by atoms with Gasteiger partial charge in [0.15, 0.2) is 0 Å².